The molecule has 0 aliphatic carbocycles. The van der Waals surface area contributed by atoms with E-state index < -0.39 is 0 Å². The lowest BCUT2D eigenvalue weighted by molar-refractivity contribution is 0.0946. The lowest BCUT2D eigenvalue weighted by atomic mass is 10.3. The number of carbonyl (C=O) groups is 1. The molecule has 1 amide bonds. The molecule has 3 heterocycles. The molecule has 9 nitrogen and oxygen atoms in total. The molecule has 0 unspecified atom stereocenters. The van der Waals surface area contributed by atoms with E-state index in [2.05, 4.69) is 25.8 Å². The van der Waals surface area contributed by atoms with Gasteiger partial charge in [-0.05, 0) is 19.1 Å². The SMILES string of the molecule is Cc1nc(NCCNC(=O)c2cc(-c3ccco3)on2)cc(N(C)C)n1. The molecule has 0 saturated heterocycles. The molecular formula is C17H20N6O3. The molecule has 0 fully saturated rings. The van der Waals surface area contributed by atoms with Gasteiger partial charge in [0, 0.05) is 39.3 Å². The number of rotatable bonds is 7. The fraction of sp³-hybridized carbons (Fsp3) is 0.294. The monoisotopic (exact) mass is 356 g/mol. The average Bonchev–Trinajstić information content (AvgIpc) is 3.28. The van der Waals surface area contributed by atoms with Crippen molar-refractivity contribution in [2.24, 2.45) is 0 Å². The van der Waals surface area contributed by atoms with E-state index in [1.54, 1.807) is 18.2 Å². The fourth-order valence-corrected chi connectivity index (χ4v) is 2.25. The van der Waals surface area contributed by atoms with Crippen LogP contribution in [0.1, 0.15) is 16.3 Å². The van der Waals surface area contributed by atoms with Crippen molar-refractivity contribution in [2.45, 2.75) is 6.92 Å². The molecular weight excluding hydrogens is 336 g/mol. The van der Waals surface area contributed by atoms with Gasteiger partial charge in [-0.15, -0.1) is 0 Å². The normalized spacial score (nSPS) is 10.6. The van der Waals surface area contributed by atoms with Crippen molar-refractivity contribution in [3.63, 3.8) is 0 Å². The molecule has 0 aromatic carbocycles. The van der Waals surface area contributed by atoms with Gasteiger partial charge in [0.2, 0.25) is 5.76 Å². The van der Waals surface area contributed by atoms with Gasteiger partial charge in [0.1, 0.15) is 17.5 Å². The maximum Gasteiger partial charge on any atom is 0.273 e. The largest absolute Gasteiger partial charge is 0.461 e. The number of amides is 1. The molecule has 0 bridgehead atoms. The van der Waals surface area contributed by atoms with Gasteiger partial charge in [-0.2, -0.15) is 0 Å². The van der Waals surface area contributed by atoms with Crippen molar-refractivity contribution in [1.82, 2.24) is 20.4 Å². The van der Waals surface area contributed by atoms with Gasteiger partial charge < -0.3 is 24.5 Å². The standard InChI is InChI=1S/C17H20N6O3/c1-11-20-15(10-16(21-11)23(2)3)18-6-7-19-17(24)12-9-14(26-22-12)13-5-4-8-25-13/h4-5,8-10H,6-7H2,1-3H3,(H,19,24)(H,18,20,21). The van der Waals surface area contributed by atoms with Crippen LogP contribution in [0.5, 0.6) is 0 Å². The van der Waals surface area contributed by atoms with Gasteiger partial charge >= 0.3 is 0 Å². The maximum absolute atomic E-state index is 12.1. The number of aryl methyl sites for hydroxylation is 1. The van der Waals surface area contributed by atoms with E-state index in [1.807, 2.05) is 32.0 Å². The zero-order valence-electron chi connectivity index (χ0n) is 14.8. The highest BCUT2D eigenvalue weighted by Gasteiger charge is 2.14. The highest BCUT2D eigenvalue weighted by molar-refractivity contribution is 5.92. The van der Waals surface area contributed by atoms with Crippen LogP contribution < -0.4 is 15.5 Å². The van der Waals surface area contributed by atoms with Gasteiger partial charge in [-0.25, -0.2) is 9.97 Å². The summed E-state index contributed by atoms with van der Waals surface area (Å²) >= 11 is 0. The smallest absolute Gasteiger partial charge is 0.273 e. The summed E-state index contributed by atoms with van der Waals surface area (Å²) in [6.45, 7) is 2.75. The summed E-state index contributed by atoms with van der Waals surface area (Å²) < 4.78 is 10.3. The molecule has 0 atom stereocenters. The predicted octanol–water partition coefficient (Wildman–Crippen LogP) is 1.94. The van der Waals surface area contributed by atoms with E-state index in [1.165, 1.54) is 6.26 Å². The van der Waals surface area contributed by atoms with Gasteiger partial charge in [0.05, 0.1) is 6.26 Å². The van der Waals surface area contributed by atoms with Crippen LogP contribution in [0.4, 0.5) is 11.6 Å². The number of anilines is 2. The Labute approximate surface area is 150 Å². The third kappa shape index (κ3) is 4.18. The Balaban J connectivity index is 1.50. The van der Waals surface area contributed by atoms with Crippen LogP contribution in [0.2, 0.25) is 0 Å². The van der Waals surface area contributed by atoms with Crippen molar-refractivity contribution in [3.05, 3.63) is 42.0 Å². The summed E-state index contributed by atoms with van der Waals surface area (Å²) in [6, 6.07) is 6.86. The van der Waals surface area contributed by atoms with Crippen molar-refractivity contribution in [3.8, 4) is 11.5 Å². The Morgan fingerprint density at radius 1 is 1.19 bits per heavy atom. The summed E-state index contributed by atoms with van der Waals surface area (Å²) in [4.78, 5) is 22.7. The first kappa shape index (κ1) is 17.5. The van der Waals surface area contributed by atoms with Crippen LogP contribution >= 0.6 is 0 Å². The number of carbonyl (C=O) groups excluding carboxylic acids is 1. The summed E-state index contributed by atoms with van der Waals surface area (Å²) in [5.74, 6) is 2.81. The van der Waals surface area contributed by atoms with E-state index in [0.717, 1.165) is 5.82 Å². The minimum Gasteiger partial charge on any atom is -0.461 e. The molecule has 9 heteroatoms. The molecule has 3 aromatic rings. The summed E-state index contributed by atoms with van der Waals surface area (Å²) in [6.07, 6.45) is 1.53. The molecule has 3 aromatic heterocycles. The third-order valence-corrected chi connectivity index (χ3v) is 3.51. The molecule has 0 aliphatic heterocycles. The number of nitrogens with zero attached hydrogens (tertiary/aromatic N) is 4. The molecule has 0 aliphatic rings. The van der Waals surface area contributed by atoms with Crippen LogP contribution in [0.15, 0.2) is 39.5 Å². The first-order valence-corrected chi connectivity index (χ1v) is 8.08. The van der Waals surface area contributed by atoms with Crippen LogP contribution in [-0.4, -0.2) is 48.2 Å². The minimum atomic E-state index is -0.318. The van der Waals surface area contributed by atoms with E-state index >= 15 is 0 Å². The highest BCUT2D eigenvalue weighted by Crippen LogP contribution is 2.20. The Kier molecular flexibility index (Phi) is 5.16. The quantitative estimate of drug-likeness (QED) is 0.618. The number of hydrogen-bond donors (Lipinski definition) is 2. The highest BCUT2D eigenvalue weighted by atomic mass is 16.5. The van der Waals surface area contributed by atoms with E-state index in [-0.39, 0.29) is 11.6 Å². The van der Waals surface area contributed by atoms with Gasteiger partial charge in [-0.1, -0.05) is 5.16 Å². The summed E-state index contributed by atoms with van der Waals surface area (Å²) in [5.41, 5.74) is 0.198. The second kappa shape index (κ2) is 7.68. The summed E-state index contributed by atoms with van der Waals surface area (Å²) in [5, 5.41) is 9.69. The molecule has 3 rings (SSSR count). The molecule has 136 valence electrons. The molecule has 0 saturated carbocycles. The third-order valence-electron chi connectivity index (χ3n) is 3.51. The second-order valence-corrected chi connectivity index (χ2v) is 5.79. The van der Waals surface area contributed by atoms with Crippen molar-refractivity contribution in [2.75, 3.05) is 37.4 Å². The molecule has 26 heavy (non-hydrogen) atoms. The number of furan rings is 1. The van der Waals surface area contributed by atoms with Crippen LogP contribution in [0.25, 0.3) is 11.5 Å². The number of nitrogens with one attached hydrogen (secondary N) is 2. The number of aromatic nitrogens is 3. The first-order chi connectivity index (χ1) is 12.5. The maximum atomic E-state index is 12.1. The predicted molar refractivity (Wildman–Crippen MR) is 96.1 cm³/mol. The Hall–Kier alpha value is -3.36. The van der Waals surface area contributed by atoms with Crippen LogP contribution in [0.3, 0.4) is 0 Å². The first-order valence-electron chi connectivity index (χ1n) is 8.08. The second-order valence-electron chi connectivity index (χ2n) is 5.79. The van der Waals surface area contributed by atoms with Gasteiger partial charge in [0.15, 0.2) is 11.5 Å². The molecule has 0 radical (unpaired) electrons. The van der Waals surface area contributed by atoms with Crippen molar-refractivity contribution in [1.29, 1.82) is 0 Å². The molecule has 0 spiro atoms. The number of hydrogen-bond acceptors (Lipinski definition) is 8. The zero-order valence-corrected chi connectivity index (χ0v) is 14.8. The van der Waals surface area contributed by atoms with Crippen molar-refractivity contribution >= 4 is 17.5 Å². The van der Waals surface area contributed by atoms with Crippen molar-refractivity contribution < 1.29 is 13.7 Å². The fourth-order valence-electron chi connectivity index (χ4n) is 2.25. The summed E-state index contributed by atoms with van der Waals surface area (Å²) in [7, 11) is 3.83. The minimum absolute atomic E-state index is 0.198. The topological polar surface area (TPSA) is 109 Å². The molecule has 2 N–H and O–H groups in total. The Morgan fingerprint density at radius 3 is 2.77 bits per heavy atom. The van der Waals surface area contributed by atoms with Gasteiger partial charge in [0.25, 0.3) is 5.91 Å². The van der Waals surface area contributed by atoms with Gasteiger partial charge in [-0.3, -0.25) is 4.79 Å². The Bertz CT molecular complexity index is 873. The van der Waals surface area contributed by atoms with Crippen LogP contribution in [-0.2, 0) is 0 Å². The lowest BCUT2D eigenvalue weighted by Crippen LogP contribution is -2.29. The Morgan fingerprint density at radius 2 is 2.04 bits per heavy atom. The zero-order chi connectivity index (χ0) is 18.5. The van der Waals surface area contributed by atoms with Crippen LogP contribution in [0, 0.1) is 6.92 Å². The van der Waals surface area contributed by atoms with E-state index in [4.69, 9.17) is 8.94 Å². The average molecular weight is 356 g/mol. The van der Waals surface area contributed by atoms with E-state index in [9.17, 15) is 4.79 Å². The lowest BCUT2D eigenvalue weighted by Gasteiger charge is -2.14. The van der Waals surface area contributed by atoms with E-state index in [0.29, 0.717) is 36.3 Å².